The Labute approximate surface area is 173 Å². The van der Waals surface area contributed by atoms with Gasteiger partial charge in [0.1, 0.15) is 0 Å². The van der Waals surface area contributed by atoms with Crippen LogP contribution in [-0.4, -0.2) is 33.9 Å². The quantitative estimate of drug-likeness (QED) is 0.601. The summed E-state index contributed by atoms with van der Waals surface area (Å²) in [5.74, 6) is 0.552. The maximum Gasteiger partial charge on any atom is 0.257 e. The summed E-state index contributed by atoms with van der Waals surface area (Å²) in [6.07, 6.45) is 3.88. The standard InChI is InChI=1S/C22H23BrN4O/c1-14-5-4-10-27(13-14)22(28)19-12-24-21-18(9-8-15(2)25-21)20(19)26-17-7-3-6-16(23)11-17/h3,6-9,11-12,14H,4-5,10,13H2,1-2H3,(H,24,25,26)/t14-/m0/s1. The molecule has 0 bridgehead atoms. The molecule has 144 valence electrons. The summed E-state index contributed by atoms with van der Waals surface area (Å²) in [6.45, 7) is 5.73. The van der Waals surface area contributed by atoms with Gasteiger partial charge in [0.2, 0.25) is 0 Å². The van der Waals surface area contributed by atoms with E-state index >= 15 is 0 Å². The number of nitrogens with one attached hydrogen (secondary N) is 1. The van der Waals surface area contributed by atoms with E-state index in [0.717, 1.165) is 46.4 Å². The van der Waals surface area contributed by atoms with Crippen molar-refractivity contribution >= 4 is 44.2 Å². The number of piperidine rings is 1. The zero-order chi connectivity index (χ0) is 19.7. The summed E-state index contributed by atoms with van der Waals surface area (Å²) >= 11 is 3.51. The van der Waals surface area contributed by atoms with Gasteiger partial charge in [-0.25, -0.2) is 9.97 Å². The van der Waals surface area contributed by atoms with Crippen molar-refractivity contribution in [2.75, 3.05) is 18.4 Å². The third kappa shape index (κ3) is 3.87. The lowest BCUT2D eigenvalue weighted by atomic mass is 9.99. The number of aryl methyl sites for hydroxylation is 1. The maximum absolute atomic E-state index is 13.4. The lowest BCUT2D eigenvalue weighted by Gasteiger charge is -2.31. The summed E-state index contributed by atoms with van der Waals surface area (Å²) in [6, 6.07) is 11.9. The highest BCUT2D eigenvalue weighted by Gasteiger charge is 2.25. The van der Waals surface area contributed by atoms with Crippen LogP contribution >= 0.6 is 15.9 Å². The van der Waals surface area contributed by atoms with E-state index in [0.29, 0.717) is 17.1 Å². The first-order valence-electron chi connectivity index (χ1n) is 9.59. The fourth-order valence-corrected chi connectivity index (χ4v) is 4.12. The van der Waals surface area contributed by atoms with Crippen LogP contribution in [0.5, 0.6) is 0 Å². The van der Waals surface area contributed by atoms with Crippen LogP contribution in [0.2, 0.25) is 0 Å². The number of nitrogens with zero attached hydrogens (tertiary/aromatic N) is 3. The van der Waals surface area contributed by atoms with Gasteiger partial charge in [0.15, 0.2) is 5.65 Å². The van der Waals surface area contributed by atoms with Gasteiger partial charge in [-0.05, 0) is 56.0 Å². The van der Waals surface area contributed by atoms with Gasteiger partial charge < -0.3 is 10.2 Å². The molecular weight excluding hydrogens is 416 g/mol. The van der Waals surface area contributed by atoms with Crippen LogP contribution in [0.25, 0.3) is 11.0 Å². The Kier molecular flexibility index (Phi) is 5.31. The Morgan fingerprint density at radius 1 is 1.29 bits per heavy atom. The van der Waals surface area contributed by atoms with Crippen molar-refractivity contribution in [1.82, 2.24) is 14.9 Å². The zero-order valence-electron chi connectivity index (χ0n) is 16.1. The van der Waals surface area contributed by atoms with Gasteiger partial charge in [0.05, 0.1) is 11.3 Å². The molecule has 0 radical (unpaired) electrons. The first kappa shape index (κ1) is 18.9. The summed E-state index contributed by atoms with van der Waals surface area (Å²) in [5.41, 5.74) is 3.80. The van der Waals surface area contributed by atoms with Crippen molar-refractivity contribution in [3.63, 3.8) is 0 Å². The van der Waals surface area contributed by atoms with Crippen molar-refractivity contribution in [1.29, 1.82) is 0 Å². The molecule has 1 saturated heterocycles. The highest BCUT2D eigenvalue weighted by atomic mass is 79.9. The summed E-state index contributed by atoms with van der Waals surface area (Å²) in [5, 5.41) is 4.30. The van der Waals surface area contributed by atoms with Gasteiger partial charge in [-0.15, -0.1) is 0 Å². The molecule has 5 nitrogen and oxygen atoms in total. The summed E-state index contributed by atoms with van der Waals surface area (Å²) < 4.78 is 0.975. The molecule has 0 aliphatic carbocycles. The molecular formula is C22H23BrN4O. The highest BCUT2D eigenvalue weighted by Crippen LogP contribution is 2.31. The van der Waals surface area contributed by atoms with E-state index in [1.165, 1.54) is 6.42 Å². The van der Waals surface area contributed by atoms with E-state index in [1.807, 2.05) is 48.2 Å². The average molecular weight is 439 g/mol. The molecule has 1 fully saturated rings. The van der Waals surface area contributed by atoms with Crippen molar-refractivity contribution in [2.24, 2.45) is 5.92 Å². The number of amides is 1. The van der Waals surface area contributed by atoms with Crippen molar-refractivity contribution < 1.29 is 4.79 Å². The van der Waals surface area contributed by atoms with Gasteiger partial charge in [-0.1, -0.05) is 28.9 Å². The zero-order valence-corrected chi connectivity index (χ0v) is 17.7. The Morgan fingerprint density at radius 3 is 2.93 bits per heavy atom. The lowest BCUT2D eigenvalue weighted by molar-refractivity contribution is 0.0684. The molecule has 1 aliphatic heterocycles. The predicted molar refractivity (Wildman–Crippen MR) is 116 cm³/mol. The average Bonchev–Trinajstić information content (AvgIpc) is 2.67. The molecule has 0 spiro atoms. The van der Waals surface area contributed by atoms with Crippen molar-refractivity contribution in [3.05, 3.63) is 58.3 Å². The Morgan fingerprint density at radius 2 is 2.14 bits per heavy atom. The maximum atomic E-state index is 13.4. The second-order valence-electron chi connectivity index (χ2n) is 7.50. The number of benzene rings is 1. The molecule has 28 heavy (non-hydrogen) atoms. The molecule has 1 atom stereocenters. The Bertz CT molecular complexity index is 1040. The number of rotatable bonds is 3. The van der Waals surface area contributed by atoms with Crippen LogP contribution in [0.1, 0.15) is 35.8 Å². The number of carbonyl (C=O) groups excluding carboxylic acids is 1. The Hall–Kier alpha value is -2.47. The number of aromatic nitrogens is 2. The van der Waals surface area contributed by atoms with Crippen LogP contribution in [0.3, 0.4) is 0 Å². The second kappa shape index (κ2) is 7.87. The van der Waals surface area contributed by atoms with E-state index in [-0.39, 0.29) is 5.91 Å². The normalized spacial score (nSPS) is 17.0. The lowest BCUT2D eigenvalue weighted by Crippen LogP contribution is -2.39. The molecule has 3 heterocycles. The molecule has 3 aromatic rings. The van der Waals surface area contributed by atoms with Crippen LogP contribution in [0.4, 0.5) is 11.4 Å². The highest BCUT2D eigenvalue weighted by molar-refractivity contribution is 9.10. The van der Waals surface area contributed by atoms with Crippen LogP contribution in [0.15, 0.2) is 47.1 Å². The second-order valence-corrected chi connectivity index (χ2v) is 8.42. The number of hydrogen-bond donors (Lipinski definition) is 1. The minimum atomic E-state index is 0.0269. The van der Waals surface area contributed by atoms with E-state index in [9.17, 15) is 4.79 Å². The number of likely N-dealkylation sites (tertiary alicyclic amines) is 1. The third-order valence-corrected chi connectivity index (χ3v) is 5.63. The molecule has 4 rings (SSSR count). The molecule has 0 saturated carbocycles. The van der Waals surface area contributed by atoms with E-state index in [4.69, 9.17) is 0 Å². The molecule has 1 aromatic carbocycles. The van der Waals surface area contributed by atoms with Gasteiger partial charge in [-0.3, -0.25) is 4.79 Å². The largest absolute Gasteiger partial charge is 0.354 e. The molecule has 1 N–H and O–H groups in total. The molecule has 6 heteroatoms. The van der Waals surface area contributed by atoms with Gasteiger partial charge >= 0.3 is 0 Å². The summed E-state index contributed by atoms with van der Waals surface area (Å²) in [7, 11) is 0. The van der Waals surface area contributed by atoms with E-state index in [1.54, 1.807) is 6.20 Å². The number of fused-ring (bicyclic) bond motifs is 1. The first-order valence-corrected chi connectivity index (χ1v) is 10.4. The minimum absolute atomic E-state index is 0.0269. The molecule has 2 aromatic heterocycles. The van der Waals surface area contributed by atoms with Gasteiger partial charge in [0, 0.05) is 40.5 Å². The van der Waals surface area contributed by atoms with Gasteiger partial charge in [-0.2, -0.15) is 0 Å². The number of anilines is 2. The topological polar surface area (TPSA) is 58.1 Å². The number of halogens is 1. The first-order chi connectivity index (χ1) is 13.5. The smallest absolute Gasteiger partial charge is 0.257 e. The fraction of sp³-hybridized carbons (Fsp3) is 0.318. The van der Waals surface area contributed by atoms with Crippen molar-refractivity contribution in [2.45, 2.75) is 26.7 Å². The summed E-state index contributed by atoms with van der Waals surface area (Å²) in [4.78, 5) is 24.3. The third-order valence-electron chi connectivity index (χ3n) is 5.14. The Balaban J connectivity index is 1.80. The number of hydrogen-bond acceptors (Lipinski definition) is 4. The van der Waals surface area contributed by atoms with Gasteiger partial charge in [0.25, 0.3) is 5.91 Å². The molecule has 1 amide bonds. The van der Waals surface area contributed by atoms with Crippen LogP contribution in [-0.2, 0) is 0 Å². The predicted octanol–water partition coefficient (Wildman–Crippen LogP) is 5.32. The molecule has 1 aliphatic rings. The van der Waals surface area contributed by atoms with E-state index in [2.05, 4.69) is 38.1 Å². The van der Waals surface area contributed by atoms with Crippen LogP contribution < -0.4 is 5.32 Å². The number of carbonyl (C=O) groups is 1. The van der Waals surface area contributed by atoms with Crippen molar-refractivity contribution in [3.8, 4) is 0 Å². The SMILES string of the molecule is Cc1ccc2c(Nc3cccc(Br)c3)c(C(=O)N3CCC[C@H](C)C3)cnc2n1. The monoisotopic (exact) mass is 438 g/mol. The fourth-order valence-electron chi connectivity index (χ4n) is 3.72. The minimum Gasteiger partial charge on any atom is -0.354 e. The number of pyridine rings is 2. The van der Waals surface area contributed by atoms with E-state index < -0.39 is 0 Å². The van der Waals surface area contributed by atoms with Crippen LogP contribution in [0, 0.1) is 12.8 Å². The molecule has 0 unspecified atom stereocenters.